The Kier molecular flexibility index (Phi) is 7.61. The number of amides is 1. The fourth-order valence-electron chi connectivity index (χ4n) is 3.39. The maximum absolute atomic E-state index is 12.7. The minimum Gasteiger partial charge on any atom is -0.379 e. The van der Waals surface area contributed by atoms with Crippen LogP contribution >= 0.6 is 0 Å². The van der Waals surface area contributed by atoms with Gasteiger partial charge < -0.3 is 10.6 Å². The Balaban J connectivity index is 1.75. The highest BCUT2D eigenvalue weighted by atomic mass is 16.1. The molecule has 0 heterocycles. The molecule has 0 radical (unpaired) electrons. The normalized spacial score (nSPS) is 12.1. The molecule has 0 saturated heterocycles. The molecule has 0 bridgehead atoms. The second-order valence-corrected chi connectivity index (χ2v) is 7.38. The zero-order valence-corrected chi connectivity index (χ0v) is 17.9. The maximum Gasteiger partial charge on any atom is 0.263 e. The van der Waals surface area contributed by atoms with Gasteiger partial charge in [0, 0.05) is 6.20 Å². The Bertz CT molecular complexity index is 1010. The molecule has 4 nitrogen and oxygen atoms in total. The van der Waals surface area contributed by atoms with Crippen molar-refractivity contribution in [1.29, 1.82) is 5.26 Å². The molecule has 0 aromatic heterocycles. The lowest BCUT2D eigenvalue weighted by atomic mass is 9.99. The third kappa shape index (κ3) is 5.83. The molecule has 1 unspecified atom stereocenters. The van der Waals surface area contributed by atoms with E-state index < -0.39 is 5.91 Å². The van der Waals surface area contributed by atoms with Gasteiger partial charge in [-0.1, -0.05) is 91.9 Å². The molecule has 0 saturated carbocycles. The number of carbonyl (C=O) groups is 1. The summed E-state index contributed by atoms with van der Waals surface area (Å²) in [6.07, 6.45) is 2.48. The highest BCUT2D eigenvalue weighted by Gasteiger charge is 2.16. The highest BCUT2D eigenvalue weighted by molar-refractivity contribution is 5.97. The topological polar surface area (TPSA) is 64.9 Å². The van der Waals surface area contributed by atoms with E-state index in [-0.39, 0.29) is 17.7 Å². The Labute approximate surface area is 184 Å². The largest absolute Gasteiger partial charge is 0.379 e. The number of rotatable bonds is 8. The monoisotopic (exact) mass is 409 g/mol. The molecule has 156 valence electrons. The maximum atomic E-state index is 12.7. The van der Waals surface area contributed by atoms with Crippen LogP contribution in [0.5, 0.6) is 0 Å². The molecule has 0 aliphatic rings. The highest BCUT2D eigenvalue weighted by Crippen LogP contribution is 2.22. The first-order valence-electron chi connectivity index (χ1n) is 10.5. The first-order valence-corrected chi connectivity index (χ1v) is 10.5. The zero-order chi connectivity index (χ0) is 22.1. The lowest BCUT2D eigenvalue weighted by Gasteiger charge is -2.19. The second-order valence-electron chi connectivity index (χ2n) is 7.38. The van der Waals surface area contributed by atoms with Crippen LogP contribution in [0.1, 0.15) is 48.2 Å². The van der Waals surface area contributed by atoms with Gasteiger partial charge in [0.25, 0.3) is 5.91 Å². The predicted molar refractivity (Wildman–Crippen MR) is 124 cm³/mol. The van der Waals surface area contributed by atoms with E-state index in [0.717, 1.165) is 23.1 Å². The predicted octanol–water partition coefficient (Wildman–Crippen LogP) is 5.21. The van der Waals surface area contributed by atoms with E-state index in [2.05, 4.69) is 29.7 Å². The van der Waals surface area contributed by atoms with Crippen LogP contribution in [0.4, 0.5) is 0 Å². The van der Waals surface area contributed by atoms with Crippen LogP contribution in [0, 0.1) is 11.3 Å². The summed E-state index contributed by atoms with van der Waals surface area (Å²) in [6.45, 7) is 4.02. The number of benzene rings is 3. The molecular formula is C27H27N3O. The van der Waals surface area contributed by atoms with E-state index in [1.807, 2.05) is 85.8 Å². The van der Waals surface area contributed by atoms with Crippen molar-refractivity contribution in [3.8, 4) is 6.07 Å². The number of carbonyl (C=O) groups excluding carboxylic acids is 1. The second kappa shape index (κ2) is 10.8. The van der Waals surface area contributed by atoms with Gasteiger partial charge in [-0.3, -0.25) is 4.79 Å². The number of aryl methyl sites for hydroxylation is 1. The SMILES string of the molecule is CCc1ccc(C(C)NC(=O)/C(C#N)=C\NC(c2ccccc2)c2ccccc2)cc1. The Morgan fingerprint density at radius 3 is 1.94 bits per heavy atom. The van der Waals surface area contributed by atoms with Crippen LogP contribution in [0.3, 0.4) is 0 Å². The average molecular weight is 410 g/mol. The van der Waals surface area contributed by atoms with E-state index >= 15 is 0 Å². The molecule has 31 heavy (non-hydrogen) atoms. The summed E-state index contributed by atoms with van der Waals surface area (Å²) < 4.78 is 0. The third-order valence-corrected chi connectivity index (χ3v) is 5.26. The van der Waals surface area contributed by atoms with Crippen LogP contribution in [0.25, 0.3) is 0 Å². The molecule has 1 atom stereocenters. The minimum atomic E-state index is -0.401. The van der Waals surface area contributed by atoms with Crippen molar-refractivity contribution >= 4 is 5.91 Å². The van der Waals surface area contributed by atoms with Crippen molar-refractivity contribution in [2.75, 3.05) is 0 Å². The first kappa shape index (κ1) is 21.9. The van der Waals surface area contributed by atoms with E-state index in [1.54, 1.807) is 0 Å². The van der Waals surface area contributed by atoms with Crippen molar-refractivity contribution in [3.05, 3.63) is 119 Å². The van der Waals surface area contributed by atoms with Gasteiger partial charge >= 0.3 is 0 Å². The van der Waals surface area contributed by atoms with Crippen LogP contribution < -0.4 is 10.6 Å². The molecule has 2 N–H and O–H groups in total. The van der Waals surface area contributed by atoms with Crippen molar-refractivity contribution < 1.29 is 4.79 Å². The molecule has 3 aromatic carbocycles. The van der Waals surface area contributed by atoms with Gasteiger partial charge in [-0.15, -0.1) is 0 Å². The van der Waals surface area contributed by atoms with Crippen LogP contribution in [0.15, 0.2) is 96.7 Å². The van der Waals surface area contributed by atoms with Crippen LogP contribution in [-0.2, 0) is 11.2 Å². The fraction of sp³-hybridized carbons (Fsp3) is 0.185. The minimum absolute atomic E-state index is 0.0360. The van der Waals surface area contributed by atoms with E-state index in [1.165, 1.54) is 11.8 Å². The van der Waals surface area contributed by atoms with Crippen molar-refractivity contribution in [2.24, 2.45) is 0 Å². The van der Waals surface area contributed by atoms with E-state index in [9.17, 15) is 10.1 Å². The molecular weight excluding hydrogens is 382 g/mol. The van der Waals surface area contributed by atoms with E-state index in [4.69, 9.17) is 0 Å². The molecule has 0 fully saturated rings. The third-order valence-electron chi connectivity index (χ3n) is 5.26. The molecule has 0 spiro atoms. The van der Waals surface area contributed by atoms with Crippen molar-refractivity contribution in [2.45, 2.75) is 32.4 Å². The van der Waals surface area contributed by atoms with Gasteiger partial charge in [0.2, 0.25) is 0 Å². The van der Waals surface area contributed by atoms with E-state index in [0.29, 0.717) is 0 Å². The van der Waals surface area contributed by atoms with Gasteiger partial charge in [-0.05, 0) is 35.6 Å². The van der Waals surface area contributed by atoms with Crippen molar-refractivity contribution in [1.82, 2.24) is 10.6 Å². The average Bonchev–Trinajstić information content (AvgIpc) is 2.83. The summed E-state index contributed by atoms with van der Waals surface area (Å²) in [5.74, 6) is -0.401. The summed E-state index contributed by atoms with van der Waals surface area (Å²) >= 11 is 0. The quantitative estimate of drug-likeness (QED) is 0.396. The Hall–Kier alpha value is -3.84. The molecule has 4 heteroatoms. The number of nitrogens with zero attached hydrogens (tertiary/aromatic N) is 1. The number of nitrogens with one attached hydrogen (secondary N) is 2. The smallest absolute Gasteiger partial charge is 0.263 e. The summed E-state index contributed by atoms with van der Waals surface area (Å²) in [7, 11) is 0. The molecule has 3 rings (SSSR count). The number of hydrogen-bond donors (Lipinski definition) is 2. The molecule has 3 aromatic rings. The fourth-order valence-corrected chi connectivity index (χ4v) is 3.39. The zero-order valence-electron chi connectivity index (χ0n) is 17.9. The standard InChI is InChI=1S/C27H27N3O/c1-3-21-14-16-22(17-15-21)20(2)30-27(31)25(18-28)19-29-26(23-10-6-4-7-11-23)24-12-8-5-9-13-24/h4-17,19-20,26,29H,3H2,1-2H3,(H,30,31)/b25-19-. The van der Waals surface area contributed by atoms with Gasteiger partial charge in [-0.2, -0.15) is 5.26 Å². The van der Waals surface area contributed by atoms with Gasteiger partial charge in [0.1, 0.15) is 11.6 Å². The molecule has 1 amide bonds. The van der Waals surface area contributed by atoms with Crippen LogP contribution in [0.2, 0.25) is 0 Å². The summed E-state index contributed by atoms with van der Waals surface area (Å²) in [6, 6.07) is 29.7. The molecule has 0 aliphatic heterocycles. The Morgan fingerprint density at radius 2 is 1.45 bits per heavy atom. The molecule has 0 aliphatic carbocycles. The summed E-state index contributed by atoms with van der Waals surface area (Å²) in [4.78, 5) is 12.7. The van der Waals surface area contributed by atoms with Crippen molar-refractivity contribution in [3.63, 3.8) is 0 Å². The van der Waals surface area contributed by atoms with Gasteiger partial charge in [-0.25, -0.2) is 0 Å². The van der Waals surface area contributed by atoms with Gasteiger partial charge in [0.05, 0.1) is 12.1 Å². The summed E-state index contributed by atoms with van der Waals surface area (Å²) in [5, 5.41) is 15.8. The Morgan fingerprint density at radius 1 is 0.903 bits per heavy atom. The van der Waals surface area contributed by atoms with Gasteiger partial charge in [0.15, 0.2) is 0 Å². The number of nitriles is 1. The lowest BCUT2D eigenvalue weighted by Crippen LogP contribution is -2.29. The summed E-state index contributed by atoms with van der Waals surface area (Å²) in [5.41, 5.74) is 4.38. The van der Waals surface area contributed by atoms with Crippen LogP contribution in [-0.4, -0.2) is 5.91 Å². The lowest BCUT2D eigenvalue weighted by molar-refractivity contribution is -0.117. The first-order chi connectivity index (χ1) is 15.1. The number of hydrogen-bond acceptors (Lipinski definition) is 3.